The molecule has 3 atom stereocenters. The fraction of sp³-hybridized carbons (Fsp3) is 0.750. The largest absolute Gasteiger partial charge is 0.462 e. The van der Waals surface area contributed by atoms with Crippen molar-refractivity contribution in [1.82, 2.24) is 4.90 Å². The lowest BCUT2D eigenvalue weighted by molar-refractivity contribution is -0.209. The summed E-state index contributed by atoms with van der Waals surface area (Å²) in [5.74, 6) is -4.47. The SMILES string of the molecule is COC(=O)C(=O)N1C(=O)[C@@H]([C@@H](C)O[Si](C)(C)C(C)(C)C)[C@H]1OC(C)=O. The second kappa shape index (κ2) is 7.25. The first kappa shape index (κ1) is 21.3. The zero-order chi connectivity index (χ0) is 19.7. The van der Waals surface area contributed by atoms with Gasteiger partial charge in [0.1, 0.15) is 5.92 Å². The van der Waals surface area contributed by atoms with Gasteiger partial charge < -0.3 is 13.9 Å². The van der Waals surface area contributed by atoms with Crippen molar-refractivity contribution in [1.29, 1.82) is 0 Å². The van der Waals surface area contributed by atoms with Crippen LogP contribution in [-0.4, -0.2) is 56.4 Å². The molecule has 0 bridgehead atoms. The molecular formula is C16H27NO7Si. The molecule has 9 heteroatoms. The molecule has 0 aliphatic carbocycles. The molecule has 1 heterocycles. The van der Waals surface area contributed by atoms with Crippen LogP contribution in [0.15, 0.2) is 0 Å². The summed E-state index contributed by atoms with van der Waals surface area (Å²) in [6, 6.07) is 0. The Bertz CT molecular complexity index is 582. The second-order valence-electron chi connectivity index (χ2n) is 7.61. The van der Waals surface area contributed by atoms with E-state index in [1.54, 1.807) is 6.92 Å². The van der Waals surface area contributed by atoms with Crippen molar-refractivity contribution in [2.75, 3.05) is 7.11 Å². The van der Waals surface area contributed by atoms with E-state index in [-0.39, 0.29) is 5.04 Å². The Kier molecular flexibility index (Phi) is 6.17. The zero-order valence-electron chi connectivity index (χ0n) is 16.0. The van der Waals surface area contributed by atoms with E-state index in [9.17, 15) is 19.2 Å². The molecule has 1 fully saturated rings. The molecule has 1 aliphatic rings. The highest BCUT2D eigenvalue weighted by molar-refractivity contribution is 6.74. The maximum atomic E-state index is 12.4. The Labute approximate surface area is 148 Å². The third-order valence-corrected chi connectivity index (χ3v) is 9.32. The van der Waals surface area contributed by atoms with Crippen LogP contribution in [0.5, 0.6) is 0 Å². The normalized spacial score (nSPS) is 22.1. The van der Waals surface area contributed by atoms with Gasteiger partial charge in [-0.25, -0.2) is 9.69 Å². The van der Waals surface area contributed by atoms with Gasteiger partial charge in [0.2, 0.25) is 5.91 Å². The number of hydrogen-bond acceptors (Lipinski definition) is 7. The zero-order valence-corrected chi connectivity index (χ0v) is 17.0. The summed E-state index contributed by atoms with van der Waals surface area (Å²) in [6.45, 7) is 13.1. The van der Waals surface area contributed by atoms with Gasteiger partial charge in [-0.05, 0) is 25.1 Å². The average Bonchev–Trinajstić information content (AvgIpc) is 2.43. The van der Waals surface area contributed by atoms with Crippen molar-refractivity contribution in [3.63, 3.8) is 0 Å². The number of carbonyl (C=O) groups excluding carboxylic acids is 4. The summed E-state index contributed by atoms with van der Waals surface area (Å²) in [4.78, 5) is 47.8. The Balaban J connectivity index is 3.02. The Morgan fingerprint density at radius 2 is 1.72 bits per heavy atom. The van der Waals surface area contributed by atoms with Gasteiger partial charge in [0, 0.05) is 6.92 Å². The topological polar surface area (TPSA) is 99.2 Å². The van der Waals surface area contributed by atoms with E-state index in [0.29, 0.717) is 4.90 Å². The van der Waals surface area contributed by atoms with Crippen LogP contribution in [0.4, 0.5) is 0 Å². The molecule has 0 unspecified atom stereocenters. The molecule has 0 spiro atoms. The van der Waals surface area contributed by atoms with E-state index in [1.165, 1.54) is 6.92 Å². The minimum Gasteiger partial charge on any atom is -0.462 e. The molecule has 1 rings (SSSR count). The van der Waals surface area contributed by atoms with Gasteiger partial charge in [-0.2, -0.15) is 0 Å². The number of β-lactam (4-membered cyclic amide) rings is 1. The van der Waals surface area contributed by atoms with Crippen LogP contribution in [0.1, 0.15) is 34.6 Å². The van der Waals surface area contributed by atoms with Gasteiger partial charge in [0.15, 0.2) is 14.5 Å². The number of hydrogen-bond donors (Lipinski definition) is 0. The van der Waals surface area contributed by atoms with Crippen molar-refractivity contribution in [2.45, 2.75) is 65.1 Å². The maximum Gasteiger partial charge on any atom is 0.397 e. The number of methoxy groups -OCH3 is 1. The molecule has 0 aromatic rings. The molecule has 2 amide bonds. The average molecular weight is 373 g/mol. The van der Waals surface area contributed by atoms with E-state index in [4.69, 9.17) is 9.16 Å². The Morgan fingerprint density at radius 3 is 2.12 bits per heavy atom. The van der Waals surface area contributed by atoms with Crippen molar-refractivity contribution < 1.29 is 33.1 Å². The van der Waals surface area contributed by atoms with E-state index in [1.807, 2.05) is 13.1 Å². The monoisotopic (exact) mass is 373 g/mol. The number of esters is 2. The van der Waals surface area contributed by atoms with Crippen molar-refractivity contribution in [2.24, 2.45) is 5.92 Å². The molecule has 1 saturated heterocycles. The lowest BCUT2D eigenvalue weighted by Gasteiger charge is -2.48. The van der Waals surface area contributed by atoms with Crippen molar-refractivity contribution in [3.8, 4) is 0 Å². The summed E-state index contributed by atoms with van der Waals surface area (Å²) in [6.07, 6.45) is -1.74. The van der Waals surface area contributed by atoms with Gasteiger partial charge in [0.05, 0.1) is 13.2 Å². The van der Waals surface area contributed by atoms with Gasteiger partial charge in [0.25, 0.3) is 0 Å². The summed E-state index contributed by atoms with van der Waals surface area (Å²) in [5.41, 5.74) is 0. The fourth-order valence-corrected chi connectivity index (χ4v) is 3.76. The van der Waals surface area contributed by atoms with Gasteiger partial charge >= 0.3 is 17.8 Å². The van der Waals surface area contributed by atoms with Gasteiger partial charge in [-0.3, -0.25) is 14.4 Å². The first-order valence-electron chi connectivity index (χ1n) is 8.05. The summed E-state index contributed by atoms with van der Waals surface area (Å²) < 4.78 is 15.6. The molecule has 25 heavy (non-hydrogen) atoms. The summed E-state index contributed by atoms with van der Waals surface area (Å²) in [7, 11) is -1.14. The van der Waals surface area contributed by atoms with Crippen LogP contribution >= 0.6 is 0 Å². The predicted octanol–water partition coefficient (Wildman–Crippen LogP) is 1.44. The van der Waals surface area contributed by atoms with Gasteiger partial charge in [-0.15, -0.1) is 0 Å². The van der Waals surface area contributed by atoms with Crippen LogP contribution in [-0.2, 0) is 33.1 Å². The molecule has 0 radical (unpaired) electrons. The van der Waals surface area contributed by atoms with E-state index in [2.05, 4.69) is 25.5 Å². The summed E-state index contributed by atoms with van der Waals surface area (Å²) in [5, 5.41) is -0.0769. The maximum absolute atomic E-state index is 12.4. The number of rotatable bonds is 4. The fourth-order valence-electron chi connectivity index (χ4n) is 2.33. The molecule has 1 aliphatic heterocycles. The van der Waals surface area contributed by atoms with Crippen LogP contribution < -0.4 is 0 Å². The Morgan fingerprint density at radius 1 is 1.20 bits per heavy atom. The number of carbonyl (C=O) groups is 4. The molecule has 0 aromatic carbocycles. The van der Waals surface area contributed by atoms with E-state index >= 15 is 0 Å². The molecule has 142 valence electrons. The second-order valence-corrected chi connectivity index (χ2v) is 12.4. The minimum atomic E-state index is -2.18. The lowest BCUT2D eigenvalue weighted by atomic mass is 9.90. The highest BCUT2D eigenvalue weighted by Crippen LogP contribution is 2.40. The van der Waals surface area contributed by atoms with Crippen molar-refractivity contribution >= 4 is 32.1 Å². The first-order valence-corrected chi connectivity index (χ1v) is 11.0. The molecule has 0 aromatic heterocycles. The number of amides is 2. The molecule has 0 N–H and O–H groups in total. The third-order valence-electron chi connectivity index (χ3n) is 4.74. The van der Waals surface area contributed by atoms with Crippen LogP contribution in [0.2, 0.25) is 18.1 Å². The van der Waals surface area contributed by atoms with Crippen LogP contribution in [0.25, 0.3) is 0 Å². The van der Waals surface area contributed by atoms with Crippen LogP contribution in [0.3, 0.4) is 0 Å². The standard InChI is InChI=1S/C16H27NO7Si/c1-9(24-25(7,8)16(3,4)5)11-12(19)17(13(20)15(21)22-6)14(11)23-10(2)18/h9,11,14H,1-8H3/t9-,11-,14-/m1/s1. The smallest absolute Gasteiger partial charge is 0.397 e. The van der Waals surface area contributed by atoms with Crippen LogP contribution in [0, 0.1) is 5.92 Å². The number of nitrogens with zero attached hydrogens (tertiary/aromatic N) is 1. The molecular weight excluding hydrogens is 346 g/mol. The number of likely N-dealkylation sites (tertiary alicyclic amines) is 1. The third kappa shape index (κ3) is 4.27. The lowest BCUT2D eigenvalue weighted by Crippen LogP contribution is -2.69. The quantitative estimate of drug-likeness (QED) is 0.318. The predicted molar refractivity (Wildman–Crippen MR) is 90.7 cm³/mol. The van der Waals surface area contributed by atoms with E-state index in [0.717, 1.165) is 7.11 Å². The highest BCUT2D eigenvalue weighted by Gasteiger charge is 2.58. The molecule has 8 nitrogen and oxygen atoms in total. The van der Waals surface area contributed by atoms with Crippen molar-refractivity contribution in [3.05, 3.63) is 0 Å². The number of ether oxygens (including phenoxy) is 2. The molecule has 0 saturated carbocycles. The van der Waals surface area contributed by atoms with Gasteiger partial charge in [-0.1, -0.05) is 20.8 Å². The highest BCUT2D eigenvalue weighted by atomic mass is 28.4. The minimum absolute atomic E-state index is 0.0769. The first-order chi connectivity index (χ1) is 11.2. The summed E-state index contributed by atoms with van der Waals surface area (Å²) >= 11 is 0. The Hall–Kier alpha value is -1.74. The van der Waals surface area contributed by atoms with E-state index < -0.39 is 50.3 Å². The number of imide groups is 1.